The largest absolute Gasteiger partial charge is 0.495 e. The van der Waals surface area contributed by atoms with Crippen molar-refractivity contribution in [3.63, 3.8) is 0 Å². The van der Waals surface area contributed by atoms with Crippen molar-refractivity contribution in [1.29, 1.82) is 0 Å². The second-order valence-electron chi connectivity index (χ2n) is 7.46. The lowest BCUT2D eigenvalue weighted by Crippen LogP contribution is -2.08. The normalized spacial score (nSPS) is 22.7. The molecule has 138 valence electrons. The van der Waals surface area contributed by atoms with Crippen LogP contribution < -0.4 is 4.74 Å². The zero-order chi connectivity index (χ0) is 18.5. The highest BCUT2D eigenvalue weighted by molar-refractivity contribution is 5.96. The highest BCUT2D eigenvalue weighted by Crippen LogP contribution is 2.38. The van der Waals surface area contributed by atoms with Gasteiger partial charge in [-0.1, -0.05) is 19.1 Å². The zero-order valence-electron chi connectivity index (χ0n) is 15.4. The molecule has 0 saturated heterocycles. The summed E-state index contributed by atoms with van der Waals surface area (Å²) in [5.74, 6) is 1.13. The lowest BCUT2D eigenvalue weighted by molar-refractivity contribution is 0.139. The Morgan fingerprint density at radius 2 is 2.11 bits per heavy atom. The number of aliphatic hydroxyl groups excluding tert-OH is 1. The van der Waals surface area contributed by atoms with Crippen molar-refractivity contribution in [3.05, 3.63) is 42.9 Å². The van der Waals surface area contributed by atoms with Gasteiger partial charge in [0.15, 0.2) is 0 Å². The molecule has 3 aromatic heterocycles. The first kappa shape index (κ1) is 16.3. The highest BCUT2D eigenvalue weighted by atomic mass is 16.5. The summed E-state index contributed by atoms with van der Waals surface area (Å²) in [4.78, 5) is 12.5. The fourth-order valence-corrected chi connectivity index (χ4v) is 4.33. The van der Waals surface area contributed by atoms with E-state index >= 15 is 0 Å². The number of aliphatic hydroxyl groups is 1. The molecular formula is C21H22N4O2. The molecule has 4 aromatic rings. The van der Waals surface area contributed by atoms with Crippen LogP contribution in [0, 0.1) is 5.92 Å². The molecule has 27 heavy (non-hydrogen) atoms. The van der Waals surface area contributed by atoms with E-state index in [0.717, 1.165) is 51.9 Å². The van der Waals surface area contributed by atoms with Crippen LogP contribution in [-0.2, 0) is 0 Å². The summed E-state index contributed by atoms with van der Waals surface area (Å²) < 4.78 is 7.65. The summed E-state index contributed by atoms with van der Waals surface area (Å²) in [5, 5.41) is 12.2. The number of aromatic amines is 1. The molecule has 0 bridgehead atoms. The monoisotopic (exact) mass is 362 g/mol. The van der Waals surface area contributed by atoms with Gasteiger partial charge in [0.05, 0.1) is 30.1 Å². The first-order valence-corrected chi connectivity index (χ1v) is 9.31. The van der Waals surface area contributed by atoms with E-state index in [1.165, 1.54) is 0 Å². The second-order valence-corrected chi connectivity index (χ2v) is 7.46. The number of fused-ring (bicyclic) bond motifs is 2. The molecule has 1 saturated carbocycles. The lowest BCUT2D eigenvalue weighted by Gasteiger charge is -2.13. The number of methoxy groups -OCH3 is 1. The van der Waals surface area contributed by atoms with E-state index in [1.807, 2.05) is 12.1 Å². The van der Waals surface area contributed by atoms with Crippen molar-refractivity contribution in [3.8, 4) is 17.1 Å². The van der Waals surface area contributed by atoms with Crippen LogP contribution in [0.15, 0.2) is 42.9 Å². The molecule has 1 aliphatic rings. The number of H-pyrrole nitrogens is 1. The topological polar surface area (TPSA) is 76.0 Å². The fourth-order valence-electron chi connectivity index (χ4n) is 4.33. The van der Waals surface area contributed by atoms with Crippen molar-refractivity contribution >= 4 is 21.9 Å². The van der Waals surface area contributed by atoms with Crippen LogP contribution >= 0.6 is 0 Å². The van der Waals surface area contributed by atoms with Gasteiger partial charge in [-0.25, -0.2) is 9.97 Å². The van der Waals surface area contributed by atoms with Crippen LogP contribution in [0.5, 0.6) is 5.75 Å². The maximum Gasteiger partial charge on any atom is 0.144 e. The number of nitrogens with zero attached hydrogens (tertiary/aromatic N) is 3. The number of aromatic nitrogens is 4. The third-order valence-corrected chi connectivity index (χ3v) is 5.81. The van der Waals surface area contributed by atoms with Gasteiger partial charge in [-0.15, -0.1) is 0 Å². The molecule has 0 spiro atoms. The van der Waals surface area contributed by atoms with Crippen molar-refractivity contribution in [2.24, 2.45) is 5.92 Å². The van der Waals surface area contributed by atoms with Crippen LogP contribution in [0.4, 0.5) is 0 Å². The Morgan fingerprint density at radius 3 is 2.89 bits per heavy atom. The van der Waals surface area contributed by atoms with E-state index in [-0.39, 0.29) is 12.1 Å². The minimum Gasteiger partial charge on any atom is -0.495 e. The SMILES string of the molecule is COc1cccc2cc(-c3ncnc4c3ccn4[C@@H]3C[C@H](C)[C@@H](O)C3)[nH]c12. The van der Waals surface area contributed by atoms with Gasteiger partial charge in [-0.2, -0.15) is 0 Å². The van der Waals surface area contributed by atoms with Crippen molar-refractivity contribution < 1.29 is 9.84 Å². The maximum atomic E-state index is 10.1. The standard InChI is InChI=1S/C21H22N4O2/c1-12-8-14(10-17(12)26)25-7-6-15-20(22-11-23-21(15)25)16-9-13-4-3-5-18(27-2)19(13)24-16/h3-7,9,11-12,14,17,24,26H,8,10H2,1-2H3/t12-,14+,17-/m0/s1. The molecule has 0 amide bonds. The minimum absolute atomic E-state index is 0.241. The van der Waals surface area contributed by atoms with E-state index in [1.54, 1.807) is 13.4 Å². The van der Waals surface area contributed by atoms with Gasteiger partial charge in [-0.05, 0) is 37.0 Å². The minimum atomic E-state index is -0.241. The first-order valence-electron chi connectivity index (χ1n) is 9.31. The molecule has 0 radical (unpaired) electrons. The van der Waals surface area contributed by atoms with Crippen LogP contribution in [0.25, 0.3) is 33.3 Å². The van der Waals surface area contributed by atoms with E-state index < -0.39 is 0 Å². The molecule has 3 heterocycles. The van der Waals surface area contributed by atoms with Gasteiger partial charge in [-0.3, -0.25) is 0 Å². The summed E-state index contributed by atoms with van der Waals surface area (Å²) in [6.45, 7) is 2.11. The molecular weight excluding hydrogens is 340 g/mol. The molecule has 1 aromatic carbocycles. The van der Waals surface area contributed by atoms with Crippen LogP contribution in [0.3, 0.4) is 0 Å². The third kappa shape index (κ3) is 2.51. The quantitative estimate of drug-likeness (QED) is 0.579. The summed E-state index contributed by atoms with van der Waals surface area (Å²) >= 11 is 0. The molecule has 0 unspecified atom stereocenters. The Balaban J connectivity index is 1.63. The van der Waals surface area contributed by atoms with Gasteiger partial charge >= 0.3 is 0 Å². The Bertz CT molecular complexity index is 1120. The predicted octanol–water partition coefficient (Wildman–Crippen LogP) is 3.92. The van der Waals surface area contributed by atoms with E-state index in [4.69, 9.17) is 4.74 Å². The Hall–Kier alpha value is -2.86. The van der Waals surface area contributed by atoms with E-state index in [2.05, 4.69) is 50.8 Å². The average molecular weight is 362 g/mol. The number of benzene rings is 1. The molecule has 2 N–H and O–H groups in total. The summed E-state index contributed by atoms with van der Waals surface area (Å²) in [6.07, 6.45) is 5.18. The molecule has 0 aliphatic heterocycles. The van der Waals surface area contributed by atoms with Gasteiger partial charge in [0.25, 0.3) is 0 Å². The zero-order valence-corrected chi connectivity index (χ0v) is 15.4. The molecule has 1 fully saturated rings. The third-order valence-electron chi connectivity index (χ3n) is 5.81. The number of hydrogen-bond donors (Lipinski definition) is 2. The second kappa shape index (κ2) is 6.09. The van der Waals surface area contributed by atoms with Crippen molar-refractivity contribution in [1.82, 2.24) is 19.5 Å². The van der Waals surface area contributed by atoms with Crippen molar-refractivity contribution in [2.45, 2.75) is 31.9 Å². The Morgan fingerprint density at radius 1 is 1.22 bits per heavy atom. The number of ether oxygens (including phenoxy) is 1. The number of hydrogen-bond acceptors (Lipinski definition) is 4. The van der Waals surface area contributed by atoms with Crippen LogP contribution in [0.1, 0.15) is 25.8 Å². The van der Waals surface area contributed by atoms with Gasteiger partial charge in [0, 0.05) is 23.0 Å². The average Bonchev–Trinajstić information content (AvgIpc) is 3.38. The molecule has 6 nitrogen and oxygen atoms in total. The van der Waals surface area contributed by atoms with Gasteiger partial charge in [0.2, 0.25) is 0 Å². The molecule has 5 rings (SSSR count). The van der Waals surface area contributed by atoms with Crippen molar-refractivity contribution in [2.75, 3.05) is 7.11 Å². The number of rotatable bonds is 3. The fraction of sp³-hybridized carbons (Fsp3) is 0.333. The van der Waals surface area contributed by atoms with Crippen LogP contribution in [0.2, 0.25) is 0 Å². The highest BCUT2D eigenvalue weighted by Gasteiger charge is 2.31. The smallest absolute Gasteiger partial charge is 0.144 e. The first-order chi connectivity index (χ1) is 13.2. The van der Waals surface area contributed by atoms with Crippen LogP contribution in [-0.4, -0.2) is 37.8 Å². The number of nitrogens with one attached hydrogen (secondary N) is 1. The van der Waals surface area contributed by atoms with Gasteiger partial charge < -0.3 is 19.4 Å². The molecule has 3 atom stereocenters. The van der Waals surface area contributed by atoms with E-state index in [0.29, 0.717) is 5.92 Å². The van der Waals surface area contributed by atoms with Gasteiger partial charge in [0.1, 0.15) is 17.7 Å². The predicted molar refractivity (Wildman–Crippen MR) is 105 cm³/mol. The Kier molecular flexibility index (Phi) is 3.68. The summed E-state index contributed by atoms with van der Waals surface area (Å²) in [5.41, 5.74) is 3.70. The summed E-state index contributed by atoms with van der Waals surface area (Å²) in [7, 11) is 1.68. The lowest BCUT2D eigenvalue weighted by atomic mass is 10.1. The van der Waals surface area contributed by atoms with E-state index in [9.17, 15) is 5.11 Å². The number of para-hydroxylation sites is 1. The molecule has 1 aliphatic carbocycles. The Labute approximate surface area is 156 Å². The maximum absolute atomic E-state index is 10.1. The summed E-state index contributed by atoms with van der Waals surface area (Å²) in [6, 6.07) is 10.4. The molecule has 6 heteroatoms.